The first-order chi connectivity index (χ1) is 11.2. The van der Waals surface area contributed by atoms with Crippen molar-refractivity contribution in [2.75, 3.05) is 43.4 Å². The maximum absolute atomic E-state index is 13.0. The Bertz CT molecular complexity index is 665. The van der Waals surface area contributed by atoms with Gasteiger partial charge in [0, 0.05) is 44.3 Å². The van der Waals surface area contributed by atoms with Crippen molar-refractivity contribution in [3.8, 4) is 0 Å². The van der Waals surface area contributed by atoms with Crippen LogP contribution in [0.4, 0.5) is 15.2 Å². The number of carbonyl (C=O) groups is 1. The lowest BCUT2D eigenvalue weighted by atomic mass is 10.2. The minimum atomic E-state index is -0.230. The summed E-state index contributed by atoms with van der Waals surface area (Å²) in [7, 11) is 1.82. The second-order valence-electron chi connectivity index (χ2n) is 5.42. The molecular weight excluding hydrogens is 315 g/mol. The Kier molecular flexibility index (Phi) is 4.76. The Morgan fingerprint density at radius 1 is 1.26 bits per heavy atom. The Morgan fingerprint density at radius 2 is 1.96 bits per heavy atom. The monoisotopic (exact) mass is 334 g/mol. The van der Waals surface area contributed by atoms with Gasteiger partial charge in [-0.1, -0.05) is 0 Å². The van der Waals surface area contributed by atoms with E-state index in [2.05, 4.69) is 15.2 Å². The van der Waals surface area contributed by atoms with Crippen molar-refractivity contribution in [3.05, 3.63) is 41.2 Å². The minimum Gasteiger partial charge on any atom is -0.368 e. The Morgan fingerprint density at radius 3 is 2.57 bits per heavy atom. The van der Waals surface area contributed by atoms with Crippen molar-refractivity contribution in [2.24, 2.45) is 0 Å². The Balaban J connectivity index is 1.53. The lowest BCUT2D eigenvalue weighted by Gasteiger charge is -2.36. The molecule has 2 aromatic rings. The quantitative estimate of drug-likeness (QED) is 0.931. The first kappa shape index (κ1) is 15.7. The summed E-state index contributed by atoms with van der Waals surface area (Å²) < 4.78 is 13.0. The molecule has 1 aromatic heterocycles. The predicted molar refractivity (Wildman–Crippen MR) is 90.6 cm³/mol. The number of carbonyl (C=O) groups excluding carboxylic acids is 1. The topological polar surface area (TPSA) is 48.5 Å². The molecule has 3 rings (SSSR count). The van der Waals surface area contributed by atoms with Crippen LogP contribution in [-0.4, -0.2) is 49.0 Å². The van der Waals surface area contributed by atoms with Crippen molar-refractivity contribution in [2.45, 2.75) is 6.42 Å². The number of nitrogens with one attached hydrogen (secondary N) is 1. The number of hydrogen-bond acceptors (Lipinski definition) is 5. The molecule has 1 fully saturated rings. The van der Waals surface area contributed by atoms with Crippen LogP contribution in [0.25, 0.3) is 0 Å². The van der Waals surface area contributed by atoms with Gasteiger partial charge in [-0.15, -0.1) is 11.3 Å². The number of piperazine rings is 1. The predicted octanol–water partition coefficient (Wildman–Crippen LogP) is 2.22. The first-order valence-electron chi connectivity index (χ1n) is 7.56. The summed E-state index contributed by atoms with van der Waals surface area (Å²) in [6, 6.07) is 6.49. The van der Waals surface area contributed by atoms with Gasteiger partial charge in [0.2, 0.25) is 5.91 Å². The molecule has 1 aliphatic heterocycles. The zero-order valence-electron chi connectivity index (χ0n) is 13.0. The molecule has 0 bridgehead atoms. The van der Waals surface area contributed by atoms with Crippen LogP contribution in [0.2, 0.25) is 0 Å². The van der Waals surface area contributed by atoms with Gasteiger partial charge < -0.3 is 15.1 Å². The van der Waals surface area contributed by atoms with Crippen LogP contribution in [0.5, 0.6) is 0 Å². The van der Waals surface area contributed by atoms with Gasteiger partial charge in [0.05, 0.1) is 12.1 Å². The van der Waals surface area contributed by atoms with E-state index in [4.69, 9.17) is 0 Å². The summed E-state index contributed by atoms with van der Waals surface area (Å²) in [5, 5.41) is 5.72. The van der Waals surface area contributed by atoms with Crippen LogP contribution >= 0.6 is 11.3 Å². The summed E-state index contributed by atoms with van der Waals surface area (Å²) in [4.78, 5) is 20.7. The number of thiazole rings is 1. The third kappa shape index (κ3) is 3.79. The van der Waals surface area contributed by atoms with E-state index < -0.39 is 0 Å². The largest absolute Gasteiger partial charge is 0.368 e. The summed E-state index contributed by atoms with van der Waals surface area (Å²) >= 11 is 1.51. The maximum atomic E-state index is 13.0. The molecular formula is C16H19FN4OS. The van der Waals surface area contributed by atoms with E-state index in [-0.39, 0.29) is 11.7 Å². The zero-order chi connectivity index (χ0) is 16.2. The fraction of sp³-hybridized carbons (Fsp3) is 0.375. The van der Waals surface area contributed by atoms with Crippen molar-refractivity contribution < 1.29 is 9.18 Å². The Labute approximate surface area is 138 Å². The standard InChI is InChI=1S/C16H19FN4OS/c1-18-16-19-13(11-23-16)10-15(22)21-8-6-20(7-9-21)14-4-2-12(17)3-5-14/h2-5,11H,6-10H2,1H3,(H,18,19). The average molecular weight is 334 g/mol. The van der Waals surface area contributed by atoms with E-state index in [1.807, 2.05) is 17.3 Å². The van der Waals surface area contributed by atoms with Crippen LogP contribution in [-0.2, 0) is 11.2 Å². The average Bonchev–Trinajstić information content (AvgIpc) is 3.03. The second kappa shape index (κ2) is 6.95. The molecule has 0 atom stereocenters. The van der Waals surface area contributed by atoms with Crippen molar-refractivity contribution in [1.29, 1.82) is 0 Å². The van der Waals surface area contributed by atoms with Gasteiger partial charge >= 0.3 is 0 Å². The number of aromatic nitrogens is 1. The highest BCUT2D eigenvalue weighted by Crippen LogP contribution is 2.18. The number of hydrogen-bond donors (Lipinski definition) is 1. The summed E-state index contributed by atoms with van der Waals surface area (Å²) in [5.74, 6) is -0.122. The highest BCUT2D eigenvalue weighted by atomic mass is 32.1. The highest BCUT2D eigenvalue weighted by molar-refractivity contribution is 7.13. The molecule has 1 saturated heterocycles. The number of halogens is 1. The van der Waals surface area contributed by atoms with Gasteiger partial charge in [0.1, 0.15) is 5.82 Å². The molecule has 0 unspecified atom stereocenters. The molecule has 0 radical (unpaired) electrons. The lowest BCUT2D eigenvalue weighted by molar-refractivity contribution is -0.130. The maximum Gasteiger partial charge on any atom is 0.228 e. The van der Waals surface area contributed by atoms with Gasteiger partial charge in [-0.3, -0.25) is 4.79 Å². The highest BCUT2D eigenvalue weighted by Gasteiger charge is 2.22. The molecule has 1 aromatic carbocycles. The molecule has 1 aliphatic rings. The molecule has 1 amide bonds. The van der Waals surface area contributed by atoms with E-state index in [1.165, 1.54) is 23.5 Å². The van der Waals surface area contributed by atoms with Crippen LogP contribution in [0.1, 0.15) is 5.69 Å². The van der Waals surface area contributed by atoms with E-state index >= 15 is 0 Å². The minimum absolute atomic E-state index is 0.108. The van der Waals surface area contributed by atoms with Gasteiger partial charge in [-0.25, -0.2) is 9.37 Å². The van der Waals surface area contributed by atoms with Crippen molar-refractivity contribution in [1.82, 2.24) is 9.88 Å². The molecule has 7 heteroatoms. The number of rotatable bonds is 4. The fourth-order valence-corrected chi connectivity index (χ4v) is 3.31. The van der Waals surface area contributed by atoms with E-state index in [0.717, 1.165) is 29.6 Å². The van der Waals surface area contributed by atoms with E-state index in [9.17, 15) is 9.18 Å². The van der Waals surface area contributed by atoms with Crippen LogP contribution in [0, 0.1) is 5.82 Å². The summed E-state index contributed by atoms with van der Waals surface area (Å²) in [6.45, 7) is 2.88. The van der Waals surface area contributed by atoms with Crippen LogP contribution in [0.15, 0.2) is 29.6 Å². The Hall–Kier alpha value is -2.15. The normalized spacial score (nSPS) is 14.9. The first-order valence-corrected chi connectivity index (χ1v) is 8.44. The van der Waals surface area contributed by atoms with Crippen LogP contribution in [0.3, 0.4) is 0 Å². The zero-order valence-corrected chi connectivity index (χ0v) is 13.8. The van der Waals surface area contributed by atoms with Gasteiger partial charge in [0.15, 0.2) is 5.13 Å². The number of anilines is 2. The second-order valence-corrected chi connectivity index (χ2v) is 6.27. The lowest BCUT2D eigenvalue weighted by Crippen LogP contribution is -2.49. The van der Waals surface area contributed by atoms with Gasteiger partial charge in [0.25, 0.3) is 0 Å². The van der Waals surface area contributed by atoms with E-state index in [1.54, 1.807) is 12.1 Å². The molecule has 5 nitrogen and oxygen atoms in total. The van der Waals surface area contributed by atoms with Gasteiger partial charge in [-0.05, 0) is 24.3 Å². The molecule has 2 heterocycles. The summed E-state index contributed by atoms with van der Waals surface area (Å²) in [5.41, 5.74) is 1.81. The number of nitrogens with zero attached hydrogens (tertiary/aromatic N) is 3. The molecule has 0 aliphatic carbocycles. The molecule has 0 spiro atoms. The van der Waals surface area contributed by atoms with E-state index in [0.29, 0.717) is 19.5 Å². The molecule has 23 heavy (non-hydrogen) atoms. The fourth-order valence-electron chi connectivity index (χ4n) is 2.64. The molecule has 1 N–H and O–H groups in total. The summed E-state index contributed by atoms with van der Waals surface area (Å²) in [6.07, 6.45) is 0.342. The molecule has 0 saturated carbocycles. The van der Waals surface area contributed by atoms with Gasteiger partial charge in [-0.2, -0.15) is 0 Å². The number of benzene rings is 1. The van der Waals surface area contributed by atoms with Crippen molar-refractivity contribution in [3.63, 3.8) is 0 Å². The van der Waals surface area contributed by atoms with Crippen molar-refractivity contribution >= 4 is 28.1 Å². The third-order valence-corrected chi connectivity index (χ3v) is 4.83. The smallest absolute Gasteiger partial charge is 0.228 e. The SMILES string of the molecule is CNc1nc(CC(=O)N2CCN(c3ccc(F)cc3)CC2)cs1. The third-order valence-electron chi connectivity index (χ3n) is 3.92. The molecule has 122 valence electrons. The number of amides is 1. The van der Waals surface area contributed by atoms with Crippen LogP contribution < -0.4 is 10.2 Å².